The minimum absolute atomic E-state index is 0.143. The lowest BCUT2D eigenvalue weighted by atomic mass is 9.97. The lowest BCUT2D eigenvalue weighted by Crippen LogP contribution is -2.42. The Balaban J connectivity index is 1.53. The fourth-order valence-electron chi connectivity index (χ4n) is 4.24. The average Bonchev–Trinajstić information content (AvgIpc) is 3.54. The normalized spacial score (nSPS) is 18.4. The van der Waals surface area contributed by atoms with Crippen molar-refractivity contribution in [3.05, 3.63) is 40.9 Å². The molecule has 38 heavy (non-hydrogen) atoms. The number of alkyl halides is 1. The van der Waals surface area contributed by atoms with E-state index in [2.05, 4.69) is 20.6 Å². The van der Waals surface area contributed by atoms with Crippen molar-refractivity contribution < 1.29 is 27.8 Å². The number of carbonyl (C=O) groups excluding carboxylic acids is 2. The van der Waals surface area contributed by atoms with Crippen molar-refractivity contribution in [2.45, 2.75) is 51.9 Å². The highest BCUT2D eigenvalue weighted by Crippen LogP contribution is 2.42. The van der Waals surface area contributed by atoms with Gasteiger partial charge in [0.15, 0.2) is 0 Å². The van der Waals surface area contributed by atoms with E-state index in [0.29, 0.717) is 27.6 Å². The predicted octanol–water partition coefficient (Wildman–Crippen LogP) is 5.76. The number of nitrogens with one attached hydrogen (secondary N) is 2. The molecule has 1 saturated carbocycles. The Morgan fingerprint density at radius 1 is 1.21 bits per heavy atom. The van der Waals surface area contributed by atoms with E-state index in [1.54, 1.807) is 39.8 Å². The number of rotatable bonds is 3. The summed E-state index contributed by atoms with van der Waals surface area (Å²) in [6.45, 7) is 7.51. The topological polar surface area (TPSA) is 106 Å². The van der Waals surface area contributed by atoms with Crippen LogP contribution in [-0.2, 0) is 4.74 Å². The third kappa shape index (κ3) is 5.02. The zero-order valence-corrected chi connectivity index (χ0v) is 21.9. The first-order valence-corrected chi connectivity index (χ1v) is 12.4. The molecule has 0 spiro atoms. The minimum Gasteiger partial charge on any atom is -0.474 e. The summed E-state index contributed by atoms with van der Waals surface area (Å²) in [7, 11) is 0. The standard InChI is InChI=1S/C26H26ClF2N5O4/c1-12-15(10-31-23-22(12)34(5-6-37-23)25(36)38-26(2,3)4)14-7-13-8-19(30-11-16(13)20(27)21(14)29)33-24(35)32-18-9-17(18)28/h7-8,10-11,17-18H,5-6,9H2,1-4H3,(H2,30,32,33,35). The SMILES string of the molecule is Cc1c(-c2cc3cc(NC(=O)NC4CC4F)ncc3c(Cl)c2F)cnc2c1N(C(=O)OC(C)(C)C)CCO2. The highest BCUT2D eigenvalue weighted by Gasteiger charge is 2.38. The second kappa shape index (κ2) is 9.54. The first kappa shape index (κ1) is 25.9. The number of fused-ring (bicyclic) bond motifs is 2. The summed E-state index contributed by atoms with van der Waals surface area (Å²) in [5.74, 6) is -0.263. The first-order chi connectivity index (χ1) is 17.9. The van der Waals surface area contributed by atoms with Gasteiger partial charge in [0, 0.05) is 35.3 Å². The van der Waals surface area contributed by atoms with E-state index in [-0.39, 0.29) is 41.9 Å². The number of nitrogens with zero attached hydrogens (tertiary/aromatic N) is 3. The van der Waals surface area contributed by atoms with Gasteiger partial charge in [-0.2, -0.15) is 0 Å². The van der Waals surface area contributed by atoms with Crippen LogP contribution in [0.4, 0.5) is 29.9 Å². The quantitative estimate of drug-likeness (QED) is 0.433. The largest absolute Gasteiger partial charge is 0.474 e. The molecule has 2 unspecified atom stereocenters. The number of hydrogen-bond donors (Lipinski definition) is 2. The average molecular weight is 546 g/mol. The molecule has 1 aromatic carbocycles. The van der Waals surface area contributed by atoms with Crippen LogP contribution in [0.3, 0.4) is 0 Å². The minimum atomic E-state index is -1.04. The zero-order chi connectivity index (χ0) is 27.4. The van der Waals surface area contributed by atoms with Gasteiger partial charge in [0.25, 0.3) is 0 Å². The van der Waals surface area contributed by atoms with E-state index >= 15 is 4.39 Å². The number of urea groups is 1. The van der Waals surface area contributed by atoms with Gasteiger partial charge in [-0.1, -0.05) is 11.6 Å². The molecule has 0 saturated heterocycles. The molecule has 2 aliphatic rings. The van der Waals surface area contributed by atoms with E-state index in [4.69, 9.17) is 21.1 Å². The monoisotopic (exact) mass is 545 g/mol. The molecular formula is C26H26ClF2N5O4. The Hall–Kier alpha value is -3.73. The van der Waals surface area contributed by atoms with Gasteiger partial charge in [-0.15, -0.1) is 0 Å². The molecule has 3 amide bonds. The van der Waals surface area contributed by atoms with Crippen molar-refractivity contribution in [3.63, 3.8) is 0 Å². The highest BCUT2D eigenvalue weighted by atomic mass is 35.5. The molecule has 9 nitrogen and oxygen atoms in total. The predicted molar refractivity (Wildman–Crippen MR) is 139 cm³/mol. The summed E-state index contributed by atoms with van der Waals surface area (Å²) >= 11 is 6.39. The summed E-state index contributed by atoms with van der Waals surface area (Å²) in [5, 5.41) is 5.75. The number of benzene rings is 1. The van der Waals surface area contributed by atoms with Crippen molar-refractivity contribution in [2.24, 2.45) is 0 Å². The fraction of sp³-hybridized carbons (Fsp3) is 0.385. The molecule has 12 heteroatoms. The van der Waals surface area contributed by atoms with Crippen LogP contribution in [0.5, 0.6) is 5.88 Å². The van der Waals surface area contributed by atoms with Gasteiger partial charge < -0.3 is 14.8 Å². The summed E-state index contributed by atoms with van der Waals surface area (Å²) in [6.07, 6.45) is 1.49. The molecule has 200 valence electrons. The lowest BCUT2D eigenvalue weighted by molar-refractivity contribution is 0.0566. The maximum absolute atomic E-state index is 15.6. The Morgan fingerprint density at radius 3 is 2.63 bits per heavy atom. The number of hydrogen-bond acceptors (Lipinski definition) is 6. The van der Waals surface area contributed by atoms with Crippen LogP contribution < -0.4 is 20.3 Å². The van der Waals surface area contributed by atoms with Gasteiger partial charge in [-0.3, -0.25) is 10.2 Å². The number of halogens is 3. The van der Waals surface area contributed by atoms with Gasteiger partial charge in [0.05, 0.1) is 17.6 Å². The van der Waals surface area contributed by atoms with Gasteiger partial charge in [-0.05, 0) is 50.8 Å². The van der Waals surface area contributed by atoms with E-state index < -0.39 is 35.8 Å². The first-order valence-electron chi connectivity index (χ1n) is 12.1. The summed E-state index contributed by atoms with van der Waals surface area (Å²) in [4.78, 5) is 35.0. The second-order valence-electron chi connectivity index (χ2n) is 10.2. The van der Waals surface area contributed by atoms with Crippen LogP contribution in [0.15, 0.2) is 24.5 Å². The van der Waals surface area contributed by atoms with Crippen molar-refractivity contribution >= 4 is 46.0 Å². The number of aromatic nitrogens is 2. The van der Waals surface area contributed by atoms with Crippen LogP contribution >= 0.6 is 11.6 Å². The van der Waals surface area contributed by atoms with E-state index in [1.807, 2.05) is 0 Å². The van der Waals surface area contributed by atoms with Crippen molar-refractivity contribution in [1.29, 1.82) is 0 Å². The number of carbonyl (C=O) groups is 2. The van der Waals surface area contributed by atoms with E-state index in [0.717, 1.165) is 0 Å². The second-order valence-corrected chi connectivity index (χ2v) is 10.6. The Morgan fingerprint density at radius 2 is 1.95 bits per heavy atom. The van der Waals surface area contributed by atoms with Gasteiger partial charge in [0.1, 0.15) is 35.7 Å². The zero-order valence-electron chi connectivity index (χ0n) is 21.2. The Labute approximate surface area is 222 Å². The smallest absolute Gasteiger partial charge is 0.415 e. The molecule has 1 aliphatic carbocycles. The highest BCUT2D eigenvalue weighted by molar-refractivity contribution is 6.36. The molecule has 0 radical (unpaired) electrons. The lowest BCUT2D eigenvalue weighted by Gasteiger charge is -2.32. The van der Waals surface area contributed by atoms with Gasteiger partial charge in [0.2, 0.25) is 5.88 Å². The summed E-state index contributed by atoms with van der Waals surface area (Å²) in [6, 6.07) is 2.01. The molecule has 2 aromatic heterocycles. The van der Waals surface area contributed by atoms with Gasteiger partial charge in [-0.25, -0.2) is 28.3 Å². The van der Waals surface area contributed by atoms with Crippen molar-refractivity contribution in [2.75, 3.05) is 23.4 Å². The Bertz CT molecular complexity index is 1460. The number of amides is 3. The van der Waals surface area contributed by atoms with E-state index in [1.165, 1.54) is 17.3 Å². The molecule has 3 heterocycles. The van der Waals surface area contributed by atoms with Crippen LogP contribution in [0.1, 0.15) is 32.8 Å². The third-order valence-corrected chi connectivity index (χ3v) is 6.54. The molecular weight excluding hydrogens is 520 g/mol. The summed E-state index contributed by atoms with van der Waals surface area (Å²) < 4.78 is 39.9. The van der Waals surface area contributed by atoms with E-state index in [9.17, 15) is 14.0 Å². The van der Waals surface area contributed by atoms with Gasteiger partial charge >= 0.3 is 12.1 Å². The maximum Gasteiger partial charge on any atom is 0.415 e. The number of pyridine rings is 2. The molecule has 1 fully saturated rings. The molecule has 2 atom stereocenters. The van der Waals surface area contributed by atoms with Crippen molar-refractivity contribution in [1.82, 2.24) is 15.3 Å². The number of ether oxygens (including phenoxy) is 2. The fourth-order valence-corrected chi connectivity index (χ4v) is 4.50. The van der Waals surface area contributed by atoms with Crippen LogP contribution in [0.25, 0.3) is 21.9 Å². The third-order valence-electron chi connectivity index (χ3n) is 6.17. The molecule has 2 N–H and O–H groups in total. The van der Waals surface area contributed by atoms with Crippen LogP contribution in [0.2, 0.25) is 5.02 Å². The van der Waals surface area contributed by atoms with Crippen LogP contribution in [0, 0.1) is 12.7 Å². The summed E-state index contributed by atoms with van der Waals surface area (Å²) in [5.41, 5.74) is 0.765. The van der Waals surface area contributed by atoms with Crippen molar-refractivity contribution in [3.8, 4) is 17.0 Å². The molecule has 0 bridgehead atoms. The maximum atomic E-state index is 15.6. The number of anilines is 2. The molecule has 5 rings (SSSR count). The molecule has 3 aromatic rings. The Kier molecular flexibility index (Phi) is 6.50. The molecule has 1 aliphatic heterocycles. The van der Waals surface area contributed by atoms with Crippen LogP contribution in [-0.4, -0.2) is 53.1 Å².